The molecule has 0 radical (unpaired) electrons. The van der Waals surface area contributed by atoms with E-state index in [9.17, 15) is 9.59 Å². The van der Waals surface area contributed by atoms with E-state index < -0.39 is 5.54 Å². The number of thioether (sulfide) groups is 1. The molecular formula is C12H21N5O2S. The van der Waals surface area contributed by atoms with E-state index in [0.717, 1.165) is 19.3 Å². The van der Waals surface area contributed by atoms with Gasteiger partial charge in [-0.3, -0.25) is 9.36 Å². The minimum absolute atomic E-state index is 0.217. The minimum atomic E-state index is -0.780. The molecule has 1 atom stereocenters. The summed E-state index contributed by atoms with van der Waals surface area (Å²) < 4.78 is 1.59. The third kappa shape index (κ3) is 3.43. The molecule has 0 bridgehead atoms. The normalized spacial score (nSPS) is 17.9. The predicted molar refractivity (Wildman–Crippen MR) is 77.6 cm³/mol. The molecule has 0 saturated heterocycles. The molecule has 2 rings (SSSR count). The zero-order valence-electron chi connectivity index (χ0n) is 11.8. The molecule has 1 amide bonds. The quantitative estimate of drug-likeness (QED) is 0.589. The molecule has 0 aromatic carbocycles. The fraction of sp³-hybridized carbons (Fsp3) is 0.750. The fourth-order valence-corrected chi connectivity index (χ4v) is 2.99. The average Bonchev–Trinajstić information content (AvgIpc) is 3.13. The smallest absolute Gasteiger partial charge is 0.343 e. The van der Waals surface area contributed by atoms with Crippen LogP contribution in [0.4, 0.5) is 0 Å². The van der Waals surface area contributed by atoms with Crippen LogP contribution in [0.2, 0.25) is 0 Å². The number of H-pyrrole nitrogens is 1. The second kappa shape index (κ2) is 6.01. The number of amides is 1. The van der Waals surface area contributed by atoms with Crippen molar-refractivity contribution in [3.8, 4) is 0 Å². The van der Waals surface area contributed by atoms with Crippen molar-refractivity contribution in [3.05, 3.63) is 10.5 Å². The zero-order valence-corrected chi connectivity index (χ0v) is 12.6. The summed E-state index contributed by atoms with van der Waals surface area (Å²) in [6, 6.07) is 0.380. The summed E-state index contributed by atoms with van der Waals surface area (Å²) in [7, 11) is 0. The Hall–Kier alpha value is -1.28. The first-order valence-electron chi connectivity index (χ1n) is 6.82. The van der Waals surface area contributed by atoms with E-state index in [4.69, 9.17) is 5.73 Å². The summed E-state index contributed by atoms with van der Waals surface area (Å²) in [6.07, 6.45) is 3.01. The molecule has 1 fully saturated rings. The number of hydrogen-bond donors (Lipinski definition) is 3. The first-order valence-corrected chi connectivity index (χ1v) is 7.80. The third-order valence-corrected chi connectivity index (χ3v) is 4.60. The molecule has 4 N–H and O–H groups in total. The van der Waals surface area contributed by atoms with Gasteiger partial charge in [-0.25, -0.2) is 9.89 Å². The van der Waals surface area contributed by atoms with Gasteiger partial charge in [-0.2, -0.15) is 0 Å². The standard InChI is InChI=1S/C12H21N5O2S/c1-3-6-17-10(19)15-16-11(17)20-7-12(2,9(13)18)14-8-4-5-8/h8,14H,3-7H2,1-2H3,(H2,13,18)(H,15,19). The van der Waals surface area contributed by atoms with Crippen LogP contribution < -0.4 is 16.7 Å². The molecule has 8 heteroatoms. The maximum atomic E-state index is 11.7. The number of aromatic amines is 1. The van der Waals surface area contributed by atoms with Gasteiger partial charge in [0.2, 0.25) is 5.91 Å². The van der Waals surface area contributed by atoms with Crippen molar-refractivity contribution in [2.45, 2.75) is 56.4 Å². The summed E-state index contributed by atoms with van der Waals surface area (Å²) in [5, 5.41) is 10.3. The second-order valence-corrected chi connectivity index (χ2v) is 6.31. The third-order valence-electron chi connectivity index (χ3n) is 3.30. The lowest BCUT2D eigenvalue weighted by Gasteiger charge is -2.26. The molecule has 20 heavy (non-hydrogen) atoms. The monoisotopic (exact) mass is 299 g/mol. The van der Waals surface area contributed by atoms with Crippen LogP contribution in [0.1, 0.15) is 33.1 Å². The van der Waals surface area contributed by atoms with Crippen LogP contribution in [-0.2, 0) is 11.3 Å². The Morgan fingerprint density at radius 3 is 2.90 bits per heavy atom. The number of rotatable bonds is 8. The number of carbonyl (C=O) groups is 1. The van der Waals surface area contributed by atoms with E-state index in [0.29, 0.717) is 23.5 Å². The van der Waals surface area contributed by atoms with Gasteiger partial charge in [0.1, 0.15) is 5.54 Å². The first kappa shape index (κ1) is 15.1. The van der Waals surface area contributed by atoms with E-state index in [1.165, 1.54) is 11.8 Å². The lowest BCUT2D eigenvalue weighted by atomic mass is 10.1. The van der Waals surface area contributed by atoms with E-state index in [1.807, 2.05) is 6.92 Å². The molecule has 112 valence electrons. The lowest BCUT2D eigenvalue weighted by Crippen LogP contribution is -2.56. The van der Waals surface area contributed by atoms with Gasteiger partial charge < -0.3 is 11.1 Å². The first-order chi connectivity index (χ1) is 9.46. The van der Waals surface area contributed by atoms with Crippen molar-refractivity contribution >= 4 is 17.7 Å². The summed E-state index contributed by atoms with van der Waals surface area (Å²) in [5.41, 5.74) is 4.50. The predicted octanol–water partition coefficient (Wildman–Crippen LogP) is 0.0695. The van der Waals surface area contributed by atoms with Gasteiger partial charge in [0.05, 0.1) is 0 Å². The van der Waals surface area contributed by atoms with Crippen molar-refractivity contribution in [2.24, 2.45) is 5.73 Å². The van der Waals surface area contributed by atoms with E-state index in [-0.39, 0.29) is 11.6 Å². The topological polar surface area (TPSA) is 106 Å². The number of nitrogens with one attached hydrogen (secondary N) is 2. The van der Waals surface area contributed by atoms with Crippen molar-refractivity contribution in [3.63, 3.8) is 0 Å². The molecule has 1 aromatic heterocycles. The number of primary amides is 1. The Morgan fingerprint density at radius 2 is 2.35 bits per heavy atom. The Labute approximate surface area is 121 Å². The van der Waals surface area contributed by atoms with Gasteiger partial charge in [-0.15, -0.1) is 5.10 Å². The SMILES string of the molecule is CCCn1c(SCC(C)(NC2CC2)C(N)=O)n[nH]c1=O. The summed E-state index contributed by atoms with van der Waals surface area (Å²) in [5.74, 6) is 0.0733. The van der Waals surface area contributed by atoms with E-state index in [1.54, 1.807) is 11.5 Å². The minimum Gasteiger partial charge on any atom is -0.368 e. The maximum Gasteiger partial charge on any atom is 0.343 e. The molecule has 0 spiro atoms. The Bertz CT molecular complexity index is 536. The number of nitrogens with zero attached hydrogens (tertiary/aromatic N) is 2. The molecule has 1 aliphatic rings. The Kier molecular flexibility index (Phi) is 4.54. The molecule has 1 heterocycles. The molecule has 1 saturated carbocycles. The van der Waals surface area contributed by atoms with Gasteiger partial charge in [0.15, 0.2) is 5.16 Å². The van der Waals surface area contributed by atoms with Gasteiger partial charge in [0, 0.05) is 18.3 Å². The Balaban J connectivity index is 2.05. The van der Waals surface area contributed by atoms with E-state index in [2.05, 4.69) is 15.5 Å². The summed E-state index contributed by atoms with van der Waals surface area (Å²) >= 11 is 1.37. The fourth-order valence-electron chi connectivity index (χ4n) is 1.91. The molecule has 1 aliphatic carbocycles. The number of hydrogen-bond acceptors (Lipinski definition) is 5. The van der Waals surface area contributed by atoms with Crippen molar-refractivity contribution in [1.29, 1.82) is 0 Å². The highest BCUT2D eigenvalue weighted by atomic mass is 32.2. The molecule has 1 aromatic rings. The summed E-state index contributed by atoms with van der Waals surface area (Å²) in [4.78, 5) is 23.3. The van der Waals surface area contributed by atoms with Crippen molar-refractivity contribution in [1.82, 2.24) is 20.1 Å². The Morgan fingerprint density at radius 1 is 1.65 bits per heavy atom. The highest BCUT2D eigenvalue weighted by Gasteiger charge is 2.37. The van der Waals surface area contributed by atoms with Crippen LogP contribution in [0.25, 0.3) is 0 Å². The highest BCUT2D eigenvalue weighted by Crippen LogP contribution is 2.26. The van der Waals surface area contributed by atoms with Crippen molar-refractivity contribution < 1.29 is 4.79 Å². The number of nitrogens with two attached hydrogens (primary N) is 1. The van der Waals surface area contributed by atoms with Crippen LogP contribution >= 0.6 is 11.8 Å². The lowest BCUT2D eigenvalue weighted by molar-refractivity contribution is -0.123. The summed E-state index contributed by atoms with van der Waals surface area (Å²) in [6.45, 7) is 4.41. The van der Waals surface area contributed by atoms with Crippen LogP contribution in [0.15, 0.2) is 9.95 Å². The van der Waals surface area contributed by atoms with Gasteiger partial charge in [-0.05, 0) is 26.2 Å². The van der Waals surface area contributed by atoms with Crippen LogP contribution in [0, 0.1) is 0 Å². The zero-order chi connectivity index (χ0) is 14.8. The van der Waals surface area contributed by atoms with Crippen LogP contribution in [0.5, 0.6) is 0 Å². The van der Waals surface area contributed by atoms with Gasteiger partial charge >= 0.3 is 5.69 Å². The van der Waals surface area contributed by atoms with Crippen LogP contribution in [-0.4, -0.2) is 38.0 Å². The van der Waals surface area contributed by atoms with Crippen molar-refractivity contribution in [2.75, 3.05) is 5.75 Å². The van der Waals surface area contributed by atoms with Crippen LogP contribution in [0.3, 0.4) is 0 Å². The average molecular weight is 299 g/mol. The second-order valence-electron chi connectivity index (χ2n) is 5.37. The maximum absolute atomic E-state index is 11.7. The van der Waals surface area contributed by atoms with Gasteiger partial charge in [-0.1, -0.05) is 18.7 Å². The molecule has 7 nitrogen and oxygen atoms in total. The largest absolute Gasteiger partial charge is 0.368 e. The van der Waals surface area contributed by atoms with Gasteiger partial charge in [0.25, 0.3) is 0 Å². The number of aromatic nitrogens is 3. The molecular weight excluding hydrogens is 278 g/mol. The molecule has 1 unspecified atom stereocenters. The van der Waals surface area contributed by atoms with E-state index >= 15 is 0 Å². The number of carbonyl (C=O) groups excluding carboxylic acids is 1. The highest BCUT2D eigenvalue weighted by molar-refractivity contribution is 7.99. The molecule has 0 aliphatic heterocycles.